The number of halogens is 1. The normalized spacial score (nSPS) is 22.9. The van der Waals surface area contributed by atoms with Gasteiger partial charge in [-0.05, 0) is 37.1 Å². The van der Waals surface area contributed by atoms with Crippen LogP contribution in [0.5, 0.6) is 0 Å². The average molecular weight is 319 g/mol. The Bertz CT molecular complexity index is 624. The van der Waals surface area contributed by atoms with E-state index < -0.39 is 0 Å². The number of likely N-dealkylation sites (tertiary alicyclic amines) is 1. The van der Waals surface area contributed by atoms with Gasteiger partial charge in [0.15, 0.2) is 0 Å². The van der Waals surface area contributed by atoms with Crippen LogP contribution in [0.1, 0.15) is 29.6 Å². The highest BCUT2D eigenvalue weighted by Gasteiger charge is 2.37. The van der Waals surface area contributed by atoms with Gasteiger partial charge in [0.1, 0.15) is 5.82 Å². The van der Waals surface area contributed by atoms with E-state index in [1.54, 1.807) is 0 Å². The molecule has 2 heterocycles. The maximum atomic E-state index is 12.9. The Kier molecular flexibility index (Phi) is 4.38. The summed E-state index contributed by atoms with van der Waals surface area (Å²) < 4.78 is 12.9. The second-order valence-corrected chi connectivity index (χ2v) is 5.92. The molecule has 0 spiro atoms. The van der Waals surface area contributed by atoms with Crippen molar-refractivity contribution >= 4 is 17.7 Å². The number of rotatable bonds is 3. The molecule has 3 amide bonds. The molecule has 2 aliphatic rings. The van der Waals surface area contributed by atoms with E-state index in [4.69, 9.17) is 0 Å². The molecule has 7 heteroatoms. The van der Waals surface area contributed by atoms with Crippen molar-refractivity contribution in [2.75, 3.05) is 13.1 Å². The fraction of sp³-hybridized carbons (Fsp3) is 0.438. The Morgan fingerprint density at radius 3 is 2.39 bits per heavy atom. The first kappa shape index (κ1) is 15.6. The van der Waals surface area contributed by atoms with Crippen LogP contribution in [0.4, 0.5) is 4.39 Å². The number of nitrogens with one attached hydrogen (secondary N) is 2. The van der Waals surface area contributed by atoms with E-state index in [1.165, 1.54) is 24.3 Å². The summed E-state index contributed by atoms with van der Waals surface area (Å²) >= 11 is 0. The number of carbonyl (C=O) groups excluding carboxylic acids is 3. The number of nitrogens with zero attached hydrogens (tertiary/aromatic N) is 1. The van der Waals surface area contributed by atoms with Gasteiger partial charge in [0.2, 0.25) is 11.8 Å². The Balaban J connectivity index is 1.51. The molecule has 1 aromatic rings. The number of imide groups is 1. The van der Waals surface area contributed by atoms with E-state index in [0.29, 0.717) is 31.5 Å². The fourth-order valence-electron chi connectivity index (χ4n) is 3.06. The Morgan fingerprint density at radius 2 is 1.83 bits per heavy atom. The summed E-state index contributed by atoms with van der Waals surface area (Å²) in [4.78, 5) is 37.0. The molecular weight excluding hydrogens is 301 g/mol. The Hall–Kier alpha value is -2.28. The Labute approximate surface area is 133 Å². The third kappa shape index (κ3) is 3.56. The van der Waals surface area contributed by atoms with Crippen molar-refractivity contribution in [3.8, 4) is 0 Å². The zero-order chi connectivity index (χ0) is 16.4. The number of hydrogen-bond donors (Lipinski definition) is 2. The minimum absolute atomic E-state index is 0.0176. The van der Waals surface area contributed by atoms with Gasteiger partial charge < -0.3 is 5.32 Å². The molecular formula is C16H18FN3O3. The molecule has 0 aliphatic carbocycles. The van der Waals surface area contributed by atoms with Crippen molar-refractivity contribution in [1.29, 1.82) is 0 Å². The van der Waals surface area contributed by atoms with Crippen molar-refractivity contribution in [2.45, 2.75) is 31.3 Å². The van der Waals surface area contributed by atoms with Gasteiger partial charge in [-0.2, -0.15) is 0 Å². The molecule has 23 heavy (non-hydrogen) atoms. The first-order chi connectivity index (χ1) is 11.0. The molecule has 3 rings (SSSR count). The van der Waals surface area contributed by atoms with Crippen LogP contribution in [0.2, 0.25) is 0 Å². The molecule has 2 saturated heterocycles. The van der Waals surface area contributed by atoms with Gasteiger partial charge in [0, 0.05) is 24.7 Å². The van der Waals surface area contributed by atoms with Gasteiger partial charge >= 0.3 is 0 Å². The molecule has 2 aliphatic heterocycles. The van der Waals surface area contributed by atoms with Gasteiger partial charge in [0.05, 0.1) is 12.5 Å². The maximum absolute atomic E-state index is 12.9. The number of amides is 3. The summed E-state index contributed by atoms with van der Waals surface area (Å²) in [6.07, 6.45) is 1.64. The van der Waals surface area contributed by atoms with Gasteiger partial charge in [-0.15, -0.1) is 0 Å². The van der Waals surface area contributed by atoms with Crippen molar-refractivity contribution in [1.82, 2.24) is 15.5 Å². The van der Waals surface area contributed by atoms with E-state index in [-0.39, 0.29) is 42.0 Å². The van der Waals surface area contributed by atoms with Crippen molar-refractivity contribution in [3.63, 3.8) is 0 Å². The van der Waals surface area contributed by atoms with Gasteiger partial charge in [0.25, 0.3) is 5.91 Å². The highest BCUT2D eigenvalue weighted by Crippen LogP contribution is 2.18. The predicted molar refractivity (Wildman–Crippen MR) is 80.0 cm³/mol. The molecule has 2 fully saturated rings. The summed E-state index contributed by atoms with van der Waals surface area (Å²) in [5, 5.41) is 5.24. The van der Waals surface area contributed by atoms with Crippen molar-refractivity contribution in [3.05, 3.63) is 35.6 Å². The summed E-state index contributed by atoms with van der Waals surface area (Å²) in [5.41, 5.74) is 0.426. The lowest BCUT2D eigenvalue weighted by Gasteiger charge is -2.34. The Morgan fingerprint density at radius 1 is 1.17 bits per heavy atom. The van der Waals surface area contributed by atoms with Crippen LogP contribution in [-0.2, 0) is 9.59 Å². The highest BCUT2D eigenvalue weighted by atomic mass is 19.1. The van der Waals surface area contributed by atoms with E-state index in [2.05, 4.69) is 10.6 Å². The second kappa shape index (κ2) is 6.45. The summed E-state index contributed by atoms with van der Waals surface area (Å²) in [6.45, 7) is 1.31. The van der Waals surface area contributed by atoms with Crippen LogP contribution in [0.3, 0.4) is 0 Å². The smallest absolute Gasteiger partial charge is 0.251 e. The topological polar surface area (TPSA) is 78.5 Å². The van der Waals surface area contributed by atoms with Crippen LogP contribution in [0.15, 0.2) is 24.3 Å². The van der Waals surface area contributed by atoms with Crippen LogP contribution in [-0.4, -0.2) is 47.8 Å². The quantitative estimate of drug-likeness (QED) is 0.792. The molecule has 0 unspecified atom stereocenters. The highest BCUT2D eigenvalue weighted by molar-refractivity contribution is 6.05. The molecule has 122 valence electrons. The lowest BCUT2D eigenvalue weighted by Crippen LogP contribution is -2.49. The summed E-state index contributed by atoms with van der Waals surface area (Å²) in [6, 6.07) is 5.06. The zero-order valence-electron chi connectivity index (χ0n) is 12.5. The zero-order valence-corrected chi connectivity index (χ0v) is 12.5. The molecule has 1 aromatic carbocycles. The van der Waals surface area contributed by atoms with Crippen molar-refractivity contribution in [2.24, 2.45) is 0 Å². The van der Waals surface area contributed by atoms with Crippen LogP contribution in [0.25, 0.3) is 0 Å². The SMILES string of the molecule is O=C1C[C@H](N2CCC(NC(=O)c3ccc(F)cc3)CC2)C(=O)N1. The van der Waals surface area contributed by atoms with Crippen LogP contribution in [0, 0.1) is 5.82 Å². The van der Waals surface area contributed by atoms with E-state index in [1.807, 2.05) is 4.90 Å². The van der Waals surface area contributed by atoms with E-state index in [0.717, 1.165) is 0 Å². The van der Waals surface area contributed by atoms with Gasteiger partial charge in [-0.3, -0.25) is 24.6 Å². The van der Waals surface area contributed by atoms with Gasteiger partial charge in [-0.25, -0.2) is 4.39 Å². The minimum atomic E-state index is -0.378. The standard InChI is InChI=1S/C16H18FN3O3/c17-11-3-1-10(2-4-11)15(22)18-12-5-7-20(8-6-12)13-9-14(21)19-16(13)23/h1-4,12-13H,5-9H2,(H,18,22)(H,19,21,23)/t13-/m0/s1. The first-order valence-electron chi connectivity index (χ1n) is 7.67. The van der Waals surface area contributed by atoms with Crippen molar-refractivity contribution < 1.29 is 18.8 Å². The molecule has 0 bridgehead atoms. The molecule has 0 saturated carbocycles. The van der Waals surface area contributed by atoms with Crippen LogP contribution >= 0.6 is 0 Å². The van der Waals surface area contributed by atoms with Gasteiger partial charge in [-0.1, -0.05) is 0 Å². The van der Waals surface area contributed by atoms with Crippen LogP contribution < -0.4 is 10.6 Å². The molecule has 1 atom stereocenters. The maximum Gasteiger partial charge on any atom is 0.251 e. The lowest BCUT2D eigenvalue weighted by molar-refractivity contribution is -0.126. The number of benzene rings is 1. The third-order valence-corrected chi connectivity index (χ3v) is 4.36. The first-order valence-corrected chi connectivity index (χ1v) is 7.67. The lowest BCUT2D eigenvalue weighted by atomic mass is 10.0. The number of carbonyl (C=O) groups is 3. The largest absolute Gasteiger partial charge is 0.349 e. The average Bonchev–Trinajstić information content (AvgIpc) is 2.87. The fourth-order valence-corrected chi connectivity index (χ4v) is 3.06. The molecule has 0 radical (unpaired) electrons. The molecule has 2 N–H and O–H groups in total. The summed E-state index contributed by atoms with van der Waals surface area (Å²) in [7, 11) is 0. The van der Waals surface area contributed by atoms with E-state index in [9.17, 15) is 18.8 Å². The number of hydrogen-bond acceptors (Lipinski definition) is 4. The monoisotopic (exact) mass is 319 g/mol. The number of piperidine rings is 1. The minimum Gasteiger partial charge on any atom is -0.349 e. The second-order valence-electron chi connectivity index (χ2n) is 5.92. The summed E-state index contributed by atoms with van der Waals surface area (Å²) in [5.74, 6) is -1.06. The predicted octanol–water partition coefficient (Wildman–Crippen LogP) is 0.435. The third-order valence-electron chi connectivity index (χ3n) is 4.36. The van der Waals surface area contributed by atoms with E-state index >= 15 is 0 Å². The molecule has 0 aromatic heterocycles. The molecule has 6 nitrogen and oxygen atoms in total.